The highest BCUT2D eigenvalue weighted by atomic mass is 32.2. The Bertz CT molecular complexity index is 898. The molecule has 0 spiro atoms. The fraction of sp³-hybridized carbons (Fsp3) is 0.450. The second-order valence-electron chi connectivity index (χ2n) is 7.00. The Kier molecular flexibility index (Phi) is 7.29. The lowest BCUT2D eigenvalue weighted by molar-refractivity contribution is -0.118. The Hall–Kier alpha value is -2.36. The second-order valence-corrected chi connectivity index (χ2v) is 8.77. The standard InChI is InChI=1S/C20H26N4O4S/c1-2-23-29(26,27)17-5-3-16(4-6-17)18(13-15-8-11-28-12-9-15)20(25)24-19-7-10-21-14-22-19/h3-7,10,14-15,18,23H,2,8-9,11-13H2,1H3,(H,21,22,24,25). The van der Waals surface area contributed by atoms with E-state index in [9.17, 15) is 13.2 Å². The Morgan fingerprint density at radius 1 is 1.21 bits per heavy atom. The van der Waals surface area contributed by atoms with Crippen LogP contribution in [0, 0.1) is 5.92 Å². The van der Waals surface area contributed by atoms with Crippen LogP contribution in [0.25, 0.3) is 0 Å². The van der Waals surface area contributed by atoms with Gasteiger partial charge in [-0.25, -0.2) is 23.1 Å². The van der Waals surface area contributed by atoms with Crippen molar-refractivity contribution in [3.63, 3.8) is 0 Å². The van der Waals surface area contributed by atoms with E-state index in [1.807, 2.05) is 0 Å². The first-order chi connectivity index (χ1) is 14.0. The van der Waals surface area contributed by atoms with Gasteiger partial charge in [0.1, 0.15) is 12.1 Å². The Morgan fingerprint density at radius 2 is 1.93 bits per heavy atom. The van der Waals surface area contributed by atoms with Crippen molar-refractivity contribution in [2.75, 3.05) is 25.1 Å². The first-order valence-electron chi connectivity index (χ1n) is 9.74. The molecule has 1 aromatic carbocycles. The van der Waals surface area contributed by atoms with E-state index >= 15 is 0 Å². The molecular formula is C20H26N4O4S. The molecule has 9 heteroatoms. The normalized spacial score (nSPS) is 16.3. The molecule has 0 aliphatic carbocycles. The number of nitrogens with zero attached hydrogens (tertiary/aromatic N) is 2. The largest absolute Gasteiger partial charge is 0.381 e. The maximum Gasteiger partial charge on any atom is 0.240 e. The third-order valence-corrected chi connectivity index (χ3v) is 6.55. The maximum atomic E-state index is 13.0. The molecule has 1 saturated heterocycles. The number of carbonyl (C=O) groups is 1. The van der Waals surface area contributed by atoms with Gasteiger partial charge in [0, 0.05) is 26.0 Å². The summed E-state index contributed by atoms with van der Waals surface area (Å²) >= 11 is 0. The van der Waals surface area contributed by atoms with E-state index in [0.29, 0.717) is 37.9 Å². The number of ether oxygens (including phenoxy) is 1. The van der Waals surface area contributed by atoms with Gasteiger partial charge in [0.25, 0.3) is 0 Å². The number of rotatable bonds is 8. The van der Waals surface area contributed by atoms with Gasteiger partial charge in [-0.2, -0.15) is 0 Å². The number of aromatic nitrogens is 2. The number of carbonyl (C=O) groups excluding carboxylic acids is 1. The minimum absolute atomic E-state index is 0.169. The molecular weight excluding hydrogens is 392 g/mol. The smallest absolute Gasteiger partial charge is 0.240 e. The summed E-state index contributed by atoms with van der Waals surface area (Å²) in [6.45, 7) is 3.45. The van der Waals surface area contributed by atoms with Crippen LogP contribution in [0.5, 0.6) is 0 Å². The molecule has 2 N–H and O–H groups in total. The van der Waals surface area contributed by atoms with E-state index in [1.165, 1.54) is 6.33 Å². The van der Waals surface area contributed by atoms with Crippen molar-refractivity contribution in [3.05, 3.63) is 48.4 Å². The number of hydrogen-bond donors (Lipinski definition) is 2. The van der Waals surface area contributed by atoms with E-state index in [0.717, 1.165) is 18.4 Å². The zero-order valence-corrected chi connectivity index (χ0v) is 17.2. The highest BCUT2D eigenvalue weighted by molar-refractivity contribution is 7.89. The molecule has 1 aromatic heterocycles. The molecule has 1 fully saturated rings. The van der Waals surface area contributed by atoms with Crippen LogP contribution in [0.4, 0.5) is 5.82 Å². The molecule has 156 valence electrons. The van der Waals surface area contributed by atoms with Gasteiger partial charge in [-0.3, -0.25) is 4.79 Å². The van der Waals surface area contributed by atoms with Gasteiger partial charge in [-0.1, -0.05) is 19.1 Å². The van der Waals surface area contributed by atoms with Gasteiger partial charge in [0.05, 0.1) is 10.8 Å². The van der Waals surface area contributed by atoms with Crippen molar-refractivity contribution in [1.29, 1.82) is 0 Å². The molecule has 0 bridgehead atoms. The number of anilines is 1. The predicted octanol–water partition coefficient (Wildman–Crippen LogP) is 2.31. The van der Waals surface area contributed by atoms with Crippen LogP contribution in [0.1, 0.15) is 37.7 Å². The van der Waals surface area contributed by atoms with Crippen LogP contribution >= 0.6 is 0 Å². The number of amides is 1. The molecule has 0 saturated carbocycles. The molecule has 1 atom stereocenters. The van der Waals surface area contributed by atoms with Gasteiger partial charge < -0.3 is 10.1 Å². The molecule has 29 heavy (non-hydrogen) atoms. The van der Waals surface area contributed by atoms with Crippen LogP contribution in [0.3, 0.4) is 0 Å². The fourth-order valence-electron chi connectivity index (χ4n) is 3.44. The summed E-state index contributed by atoms with van der Waals surface area (Å²) in [5.41, 5.74) is 0.776. The van der Waals surface area contributed by atoms with Crippen LogP contribution in [-0.2, 0) is 19.6 Å². The summed E-state index contributed by atoms with van der Waals surface area (Å²) in [5, 5.41) is 2.84. The van der Waals surface area contributed by atoms with Crippen LogP contribution < -0.4 is 10.0 Å². The fourth-order valence-corrected chi connectivity index (χ4v) is 4.48. The Balaban J connectivity index is 1.82. The zero-order valence-electron chi connectivity index (χ0n) is 16.4. The first kappa shape index (κ1) is 21.4. The molecule has 1 aliphatic rings. The van der Waals surface area contributed by atoms with Crippen molar-refractivity contribution >= 4 is 21.7 Å². The van der Waals surface area contributed by atoms with Gasteiger partial charge in [-0.15, -0.1) is 0 Å². The van der Waals surface area contributed by atoms with E-state index in [1.54, 1.807) is 43.5 Å². The lowest BCUT2D eigenvalue weighted by atomic mass is 9.84. The minimum Gasteiger partial charge on any atom is -0.381 e. The summed E-state index contributed by atoms with van der Waals surface area (Å²) < 4.78 is 32.3. The van der Waals surface area contributed by atoms with Crippen molar-refractivity contribution in [2.45, 2.75) is 37.0 Å². The lowest BCUT2D eigenvalue weighted by Gasteiger charge is -2.26. The summed E-state index contributed by atoms with van der Waals surface area (Å²) in [4.78, 5) is 21.1. The lowest BCUT2D eigenvalue weighted by Crippen LogP contribution is -2.26. The highest BCUT2D eigenvalue weighted by Gasteiger charge is 2.27. The summed E-state index contributed by atoms with van der Waals surface area (Å²) in [6, 6.07) is 8.15. The van der Waals surface area contributed by atoms with E-state index in [-0.39, 0.29) is 10.8 Å². The average molecular weight is 419 g/mol. The second kappa shape index (κ2) is 9.91. The third-order valence-electron chi connectivity index (χ3n) is 4.99. The van der Waals surface area contributed by atoms with Crippen molar-refractivity contribution in [1.82, 2.24) is 14.7 Å². The summed E-state index contributed by atoms with van der Waals surface area (Å²) in [6.07, 6.45) is 5.42. The van der Waals surface area contributed by atoms with E-state index < -0.39 is 15.9 Å². The van der Waals surface area contributed by atoms with Crippen molar-refractivity contribution in [3.8, 4) is 0 Å². The molecule has 1 amide bonds. The highest BCUT2D eigenvalue weighted by Crippen LogP contribution is 2.31. The molecule has 1 unspecified atom stereocenters. The van der Waals surface area contributed by atoms with Gasteiger partial charge >= 0.3 is 0 Å². The van der Waals surface area contributed by atoms with Crippen molar-refractivity contribution in [2.24, 2.45) is 5.92 Å². The quantitative estimate of drug-likeness (QED) is 0.681. The molecule has 3 rings (SSSR count). The van der Waals surface area contributed by atoms with E-state index in [2.05, 4.69) is 20.0 Å². The van der Waals surface area contributed by atoms with Gasteiger partial charge in [-0.05, 0) is 48.9 Å². The molecule has 2 heterocycles. The number of sulfonamides is 1. The van der Waals surface area contributed by atoms with Crippen LogP contribution in [0.15, 0.2) is 47.8 Å². The molecule has 1 aliphatic heterocycles. The SMILES string of the molecule is CCNS(=O)(=O)c1ccc(C(CC2CCOCC2)C(=O)Nc2ccncn2)cc1. The van der Waals surface area contributed by atoms with Crippen LogP contribution in [-0.4, -0.2) is 44.1 Å². The monoisotopic (exact) mass is 418 g/mol. The zero-order chi connectivity index (χ0) is 20.7. The van der Waals surface area contributed by atoms with E-state index in [4.69, 9.17) is 4.74 Å². The number of nitrogens with one attached hydrogen (secondary N) is 2. The summed E-state index contributed by atoms with van der Waals surface area (Å²) in [7, 11) is -3.53. The minimum atomic E-state index is -3.53. The van der Waals surface area contributed by atoms with Gasteiger partial charge in [0.2, 0.25) is 15.9 Å². The topological polar surface area (TPSA) is 110 Å². The predicted molar refractivity (Wildman–Crippen MR) is 109 cm³/mol. The Morgan fingerprint density at radius 3 is 2.55 bits per heavy atom. The number of hydrogen-bond acceptors (Lipinski definition) is 6. The average Bonchev–Trinajstić information content (AvgIpc) is 2.73. The van der Waals surface area contributed by atoms with Crippen molar-refractivity contribution < 1.29 is 17.9 Å². The molecule has 8 nitrogen and oxygen atoms in total. The van der Waals surface area contributed by atoms with Gasteiger partial charge in [0.15, 0.2) is 0 Å². The molecule has 2 aromatic rings. The Labute approximate surface area is 171 Å². The first-order valence-corrected chi connectivity index (χ1v) is 11.2. The van der Waals surface area contributed by atoms with Crippen LogP contribution in [0.2, 0.25) is 0 Å². The maximum absolute atomic E-state index is 13.0. The molecule has 0 radical (unpaired) electrons. The number of benzene rings is 1. The third kappa shape index (κ3) is 5.81. The summed E-state index contributed by atoms with van der Waals surface area (Å²) in [5.74, 6) is 0.227.